The van der Waals surface area contributed by atoms with E-state index in [1.165, 1.54) is 19.3 Å². The van der Waals surface area contributed by atoms with Crippen LogP contribution in [-0.4, -0.2) is 30.3 Å². The van der Waals surface area contributed by atoms with E-state index in [2.05, 4.69) is 4.98 Å². The molecular formula is C14H17F3N2OS. The molecule has 2 saturated carbocycles. The van der Waals surface area contributed by atoms with Crippen LogP contribution < -0.4 is 4.90 Å². The van der Waals surface area contributed by atoms with Crippen molar-refractivity contribution in [1.29, 1.82) is 0 Å². The van der Waals surface area contributed by atoms with Crippen molar-refractivity contribution in [3.05, 3.63) is 11.1 Å². The third-order valence-electron chi connectivity index (χ3n) is 5.17. The van der Waals surface area contributed by atoms with Gasteiger partial charge in [0.15, 0.2) is 5.13 Å². The van der Waals surface area contributed by atoms with Gasteiger partial charge in [0.1, 0.15) is 4.88 Å². The van der Waals surface area contributed by atoms with Crippen molar-refractivity contribution >= 4 is 16.5 Å². The summed E-state index contributed by atoms with van der Waals surface area (Å²) in [4.78, 5) is 5.36. The summed E-state index contributed by atoms with van der Waals surface area (Å²) in [5, 5.41) is 0.479. The number of morpholine rings is 1. The van der Waals surface area contributed by atoms with Crippen molar-refractivity contribution < 1.29 is 17.9 Å². The van der Waals surface area contributed by atoms with Crippen LogP contribution in [0.2, 0.25) is 0 Å². The predicted octanol–water partition coefficient (Wildman–Crippen LogP) is 3.56. The molecule has 3 fully saturated rings. The normalized spacial score (nSPS) is 35.9. The minimum atomic E-state index is -4.30. The Bertz CT molecular complexity index is 547. The van der Waals surface area contributed by atoms with Gasteiger partial charge in [-0.2, -0.15) is 13.2 Å². The SMILES string of the molecule is FC(F)(F)c1cnc(N2CCOC3(CC4CCC3C4)C2)s1. The first-order valence-corrected chi connectivity index (χ1v) is 8.20. The van der Waals surface area contributed by atoms with Gasteiger partial charge in [-0.15, -0.1) is 0 Å². The van der Waals surface area contributed by atoms with Gasteiger partial charge in [-0.3, -0.25) is 0 Å². The molecule has 116 valence electrons. The summed E-state index contributed by atoms with van der Waals surface area (Å²) in [6.07, 6.45) is 1.41. The van der Waals surface area contributed by atoms with Crippen LogP contribution in [0.4, 0.5) is 18.3 Å². The molecule has 0 N–H and O–H groups in total. The number of ether oxygens (including phenoxy) is 1. The van der Waals surface area contributed by atoms with Gasteiger partial charge < -0.3 is 9.64 Å². The summed E-state index contributed by atoms with van der Waals surface area (Å²) in [7, 11) is 0. The molecule has 1 aromatic rings. The third-order valence-corrected chi connectivity index (χ3v) is 6.28. The Balaban J connectivity index is 1.55. The Kier molecular flexibility index (Phi) is 3.02. The van der Waals surface area contributed by atoms with Crippen LogP contribution in [0.15, 0.2) is 6.20 Å². The summed E-state index contributed by atoms with van der Waals surface area (Å²) >= 11 is 0.743. The van der Waals surface area contributed by atoms with Gasteiger partial charge in [-0.1, -0.05) is 11.3 Å². The maximum Gasteiger partial charge on any atom is 0.427 e. The molecule has 2 bridgehead atoms. The molecule has 21 heavy (non-hydrogen) atoms. The highest BCUT2D eigenvalue weighted by Gasteiger charge is 2.54. The van der Waals surface area contributed by atoms with Gasteiger partial charge in [0, 0.05) is 13.1 Å². The zero-order chi connectivity index (χ0) is 14.7. The van der Waals surface area contributed by atoms with Gasteiger partial charge in [-0.05, 0) is 37.5 Å². The Morgan fingerprint density at radius 3 is 2.86 bits per heavy atom. The molecule has 3 nitrogen and oxygen atoms in total. The molecule has 1 saturated heterocycles. The average Bonchev–Trinajstić information content (AvgIpc) is 3.13. The maximum absolute atomic E-state index is 12.7. The minimum absolute atomic E-state index is 0.134. The zero-order valence-corrected chi connectivity index (χ0v) is 12.3. The minimum Gasteiger partial charge on any atom is -0.371 e. The number of thiazole rings is 1. The monoisotopic (exact) mass is 318 g/mol. The van der Waals surface area contributed by atoms with E-state index in [0.29, 0.717) is 30.7 Å². The van der Waals surface area contributed by atoms with E-state index >= 15 is 0 Å². The third kappa shape index (κ3) is 2.25. The Morgan fingerprint density at radius 2 is 2.24 bits per heavy atom. The number of hydrogen-bond acceptors (Lipinski definition) is 4. The fraction of sp³-hybridized carbons (Fsp3) is 0.786. The lowest BCUT2D eigenvalue weighted by Gasteiger charge is -2.45. The highest BCUT2D eigenvalue weighted by atomic mass is 32.1. The van der Waals surface area contributed by atoms with Crippen LogP contribution >= 0.6 is 11.3 Å². The molecule has 0 radical (unpaired) electrons. The fourth-order valence-electron chi connectivity index (χ4n) is 4.28. The average molecular weight is 318 g/mol. The first-order valence-electron chi connectivity index (χ1n) is 7.38. The number of aromatic nitrogens is 1. The molecule has 1 aliphatic heterocycles. The lowest BCUT2D eigenvalue weighted by molar-refractivity contribution is -0.134. The lowest BCUT2D eigenvalue weighted by atomic mass is 9.83. The molecular weight excluding hydrogens is 301 g/mol. The predicted molar refractivity (Wildman–Crippen MR) is 73.5 cm³/mol. The van der Waals surface area contributed by atoms with Crippen LogP contribution in [-0.2, 0) is 10.9 Å². The van der Waals surface area contributed by atoms with Gasteiger partial charge in [0.05, 0.1) is 18.4 Å². The van der Waals surface area contributed by atoms with Gasteiger partial charge in [0.25, 0.3) is 0 Å². The number of alkyl halides is 3. The zero-order valence-electron chi connectivity index (χ0n) is 11.5. The largest absolute Gasteiger partial charge is 0.427 e. The molecule has 2 heterocycles. The number of halogens is 3. The molecule has 0 amide bonds. The fourth-order valence-corrected chi connectivity index (χ4v) is 5.08. The van der Waals surface area contributed by atoms with Gasteiger partial charge in [0.2, 0.25) is 0 Å². The molecule has 3 aliphatic rings. The number of rotatable bonds is 1. The van der Waals surface area contributed by atoms with E-state index in [9.17, 15) is 13.2 Å². The molecule has 1 spiro atoms. The highest BCUT2D eigenvalue weighted by molar-refractivity contribution is 7.15. The van der Waals surface area contributed by atoms with Gasteiger partial charge >= 0.3 is 6.18 Å². The smallest absolute Gasteiger partial charge is 0.371 e. The van der Waals surface area contributed by atoms with Crippen molar-refractivity contribution in [2.24, 2.45) is 11.8 Å². The van der Waals surface area contributed by atoms with Crippen LogP contribution in [0, 0.1) is 11.8 Å². The molecule has 0 aromatic carbocycles. The topological polar surface area (TPSA) is 25.4 Å². The van der Waals surface area contributed by atoms with Crippen LogP contribution in [0.1, 0.15) is 30.6 Å². The van der Waals surface area contributed by atoms with Crippen molar-refractivity contribution in [2.45, 2.75) is 37.5 Å². The van der Waals surface area contributed by atoms with Crippen molar-refractivity contribution in [3.63, 3.8) is 0 Å². The van der Waals surface area contributed by atoms with Crippen LogP contribution in [0.3, 0.4) is 0 Å². The molecule has 4 rings (SSSR count). The second-order valence-electron chi connectivity index (χ2n) is 6.42. The van der Waals surface area contributed by atoms with E-state index in [4.69, 9.17) is 4.74 Å². The number of anilines is 1. The molecule has 2 aliphatic carbocycles. The number of hydrogen-bond donors (Lipinski definition) is 0. The second-order valence-corrected chi connectivity index (χ2v) is 7.43. The molecule has 3 unspecified atom stereocenters. The first kappa shape index (κ1) is 13.8. The van der Waals surface area contributed by atoms with E-state index in [-0.39, 0.29) is 5.60 Å². The quantitative estimate of drug-likeness (QED) is 0.792. The van der Waals surface area contributed by atoms with Crippen molar-refractivity contribution in [1.82, 2.24) is 4.98 Å². The summed E-state index contributed by atoms with van der Waals surface area (Å²) in [6, 6.07) is 0. The van der Waals surface area contributed by atoms with Crippen molar-refractivity contribution in [3.8, 4) is 0 Å². The first-order chi connectivity index (χ1) is 9.96. The summed E-state index contributed by atoms with van der Waals surface area (Å²) in [5.41, 5.74) is -0.134. The summed E-state index contributed by atoms with van der Waals surface area (Å²) < 4.78 is 44.2. The van der Waals surface area contributed by atoms with E-state index in [1.807, 2.05) is 4.90 Å². The lowest BCUT2D eigenvalue weighted by Crippen LogP contribution is -2.54. The van der Waals surface area contributed by atoms with E-state index in [0.717, 1.165) is 29.9 Å². The Labute approximate surface area is 125 Å². The molecule has 3 atom stereocenters. The molecule has 7 heteroatoms. The highest BCUT2D eigenvalue weighted by Crippen LogP contribution is 2.54. The van der Waals surface area contributed by atoms with Crippen molar-refractivity contribution in [2.75, 3.05) is 24.6 Å². The molecule has 1 aromatic heterocycles. The summed E-state index contributed by atoms with van der Waals surface area (Å²) in [5.74, 6) is 1.32. The van der Waals surface area contributed by atoms with Gasteiger partial charge in [-0.25, -0.2) is 4.98 Å². The van der Waals surface area contributed by atoms with Crippen LogP contribution in [0.25, 0.3) is 0 Å². The Hall–Kier alpha value is -0.820. The standard InChI is InChI=1S/C14H17F3N2OS/c15-14(16,17)11-7-18-12(21-11)19-3-4-20-13(8-19)6-9-1-2-10(13)5-9/h7,9-10H,1-6,8H2. The van der Waals surface area contributed by atoms with E-state index < -0.39 is 11.1 Å². The second kappa shape index (κ2) is 4.59. The Morgan fingerprint density at radius 1 is 1.38 bits per heavy atom. The van der Waals surface area contributed by atoms with E-state index in [1.54, 1.807) is 0 Å². The number of nitrogens with zero attached hydrogens (tertiary/aromatic N) is 2. The number of fused-ring (bicyclic) bond motifs is 3. The maximum atomic E-state index is 12.7. The summed E-state index contributed by atoms with van der Waals surface area (Å²) in [6.45, 7) is 1.91. The van der Waals surface area contributed by atoms with Crippen LogP contribution in [0.5, 0.6) is 0 Å².